The highest BCUT2D eigenvalue weighted by Crippen LogP contribution is 2.37. The van der Waals surface area contributed by atoms with Crippen LogP contribution in [0.15, 0.2) is 84.9 Å². The summed E-state index contributed by atoms with van der Waals surface area (Å²) in [5.74, 6) is 2.11. The van der Waals surface area contributed by atoms with Gasteiger partial charge in [-0.3, -0.25) is 5.32 Å². The molecule has 210 valence electrons. The number of ether oxygens (including phenoxy) is 2. The smallest absolute Gasteiger partial charge is 0.417 e. The van der Waals surface area contributed by atoms with Crippen LogP contribution < -0.4 is 25.0 Å². The van der Waals surface area contributed by atoms with Gasteiger partial charge in [-0.1, -0.05) is 36.4 Å². The summed E-state index contributed by atoms with van der Waals surface area (Å²) in [6.45, 7) is 3.37. The number of pyridine rings is 1. The lowest BCUT2D eigenvalue weighted by Crippen LogP contribution is -2.27. The van der Waals surface area contributed by atoms with Gasteiger partial charge in [-0.25, -0.2) is 9.78 Å². The zero-order valence-electron chi connectivity index (χ0n) is 22.8. The third-order valence-electron chi connectivity index (χ3n) is 6.76. The zero-order valence-corrected chi connectivity index (χ0v) is 24.3. The molecule has 4 aromatic carbocycles. The number of hydrogen-bond donors (Lipinski definition) is 2. The molecule has 0 saturated carbocycles. The average molecular weight is 590 g/mol. The Bertz CT molecular complexity index is 1670. The Morgan fingerprint density at radius 1 is 0.902 bits per heavy atom. The van der Waals surface area contributed by atoms with Crippen molar-refractivity contribution >= 4 is 73.9 Å². The van der Waals surface area contributed by atoms with Gasteiger partial charge in [-0.05, 0) is 61.0 Å². The van der Waals surface area contributed by atoms with Crippen LogP contribution in [0.1, 0.15) is 5.56 Å². The molecule has 0 unspecified atom stereocenters. The summed E-state index contributed by atoms with van der Waals surface area (Å²) in [4.78, 5) is 19.7. The average Bonchev–Trinajstić information content (AvgIpc) is 2.98. The Morgan fingerprint density at radius 2 is 1.63 bits per heavy atom. The third-order valence-corrected chi connectivity index (χ3v) is 7.10. The molecule has 5 rings (SSSR count). The number of methoxy groups -OCH3 is 1. The minimum Gasteiger partial charge on any atom is -0.494 e. The van der Waals surface area contributed by atoms with Crippen molar-refractivity contribution in [1.29, 1.82) is 0 Å². The van der Waals surface area contributed by atoms with Gasteiger partial charge in [0.1, 0.15) is 17.0 Å². The summed E-state index contributed by atoms with van der Waals surface area (Å²) in [5.41, 5.74) is 5.93. The molecule has 0 aliphatic heterocycles. The highest BCUT2D eigenvalue weighted by atomic mass is 35.5. The molecule has 1 amide bonds. The second-order valence-corrected chi connectivity index (χ2v) is 10.1. The molecule has 1 aromatic heterocycles. The van der Waals surface area contributed by atoms with Crippen LogP contribution in [0, 0.1) is 6.92 Å². The maximum absolute atomic E-state index is 12.8. The van der Waals surface area contributed by atoms with Gasteiger partial charge in [0.15, 0.2) is 0 Å². The van der Waals surface area contributed by atoms with E-state index in [1.54, 1.807) is 19.2 Å². The Balaban J connectivity index is 1.37. The fourth-order valence-corrected chi connectivity index (χ4v) is 5.11. The number of para-hydroxylation sites is 2. The fourth-order valence-electron chi connectivity index (χ4n) is 4.71. The lowest BCUT2D eigenvalue weighted by molar-refractivity contribution is 0.215. The van der Waals surface area contributed by atoms with Crippen LogP contribution >= 0.6 is 23.2 Å². The maximum Gasteiger partial charge on any atom is 0.417 e. The number of halogens is 2. The first-order valence-electron chi connectivity index (χ1n) is 13.2. The van der Waals surface area contributed by atoms with Crippen molar-refractivity contribution in [2.24, 2.45) is 0 Å². The topological polar surface area (TPSA) is 75.7 Å². The molecule has 5 aromatic rings. The van der Waals surface area contributed by atoms with E-state index in [0.717, 1.165) is 44.4 Å². The molecule has 7 nitrogen and oxygen atoms in total. The number of aromatic nitrogens is 1. The van der Waals surface area contributed by atoms with E-state index in [0.29, 0.717) is 42.0 Å². The maximum atomic E-state index is 12.8. The second-order valence-electron chi connectivity index (χ2n) is 9.39. The van der Waals surface area contributed by atoms with Crippen molar-refractivity contribution in [2.45, 2.75) is 6.92 Å². The molecular formula is C32H30Cl2N4O3. The Hall–Kier alpha value is -4.20. The van der Waals surface area contributed by atoms with Crippen molar-refractivity contribution in [3.8, 4) is 11.5 Å². The largest absolute Gasteiger partial charge is 0.494 e. The molecule has 41 heavy (non-hydrogen) atoms. The number of benzene rings is 4. The molecule has 0 spiro atoms. The van der Waals surface area contributed by atoms with Gasteiger partial charge in [0.25, 0.3) is 0 Å². The number of fused-ring (bicyclic) bond motifs is 2. The number of carbonyl (C=O) groups excluding carboxylic acids is 1. The molecule has 0 atom stereocenters. The SMILES string of the molecule is COc1cccc2c(Nc3cc(NC(=O)Oc4ccc(N(CCCl)CCCl)cc4)ccc3C)c3ccccc3nc12. The van der Waals surface area contributed by atoms with Gasteiger partial charge < -0.3 is 19.7 Å². The summed E-state index contributed by atoms with van der Waals surface area (Å²) in [7, 11) is 1.64. The number of nitrogens with one attached hydrogen (secondary N) is 2. The summed E-state index contributed by atoms with van der Waals surface area (Å²) in [6, 6.07) is 26.8. The number of aryl methyl sites for hydroxylation is 1. The zero-order chi connectivity index (χ0) is 28.8. The van der Waals surface area contributed by atoms with Crippen molar-refractivity contribution < 1.29 is 14.3 Å². The molecule has 1 heterocycles. The number of carbonyl (C=O) groups is 1. The van der Waals surface area contributed by atoms with E-state index in [4.69, 9.17) is 37.7 Å². The van der Waals surface area contributed by atoms with Crippen molar-refractivity contribution in [2.75, 3.05) is 47.5 Å². The Kier molecular flexibility index (Phi) is 8.97. The van der Waals surface area contributed by atoms with Gasteiger partial charge in [0, 0.05) is 52.7 Å². The Labute approximate surface area is 249 Å². The number of nitrogens with zero attached hydrogens (tertiary/aromatic N) is 2. The Morgan fingerprint density at radius 3 is 2.37 bits per heavy atom. The van der Waals surface area contributed by atoms with E-state index in [-0.39, 0.29) is 0 Å². The third kappa shape index (κ3) is 6.42. The lowest BCUT2D eigenvalue weighted by Gasteiger charge is -2.22. The fraction of sp³-hybridized carbons (Fsp3) is 0.188. The van der Waals surface area contributed by atoms with E-state index in [2.05, 4.69) is 15.5 Å². The van der Waals surface area contributed by atoms with Gasteiger partial charge >= 0.3 is 6.09 Å². The molecule has 0 radical (unpaired) electrons. The minimum atomic E-state index is -0.588. The summed E-state index contributed by atoms with van der Waals surface area (Å²) in [5, 5.41) is 8.34. The number of rotatable bonds is 10. The molecular weight excluding hydrogens is 559 g/mol. The van der Waals surface area contributed by atoms with Crippen LogP contribution in [0.2, 0.25) is 0 Å². The summed E-state index contributed by atoms with van der Waals surface area (Å²) < 4.78 is 11.1. The van der Waals surface area contributed by atoms with Crippen molar-refractivity contribution in [1.82, 2.24) is 4.98 Å². The number of amides is 1. The normalized spacial score (nSPS) is 10.9. The highest BCUT2D eigenvalue weighted by Gasteiger charge is 2.14. The number of hydrogen-bond acceptors (Lipinski definition) is 6. The molecule has 0 bridgehead atoms. The van der Waals surface area contributed by atoms with E-state index in [1.165, 1.54) is 0 Å². The molecule has 0 aliphatic rings. The first kappa shape index (κ1) is 28.3. The monoisotopic (exact) mass is 588 g/mol. The molecule has 0 fully saturated rings. The van der Waals surface area contributed by atoms with E-state index in [1.807, 2.05) is 79.7 Å². The van der Waals surface area contributed by atoms with Crippen LogP contribution in [0.3, 0.4) is 0 Å². The van der Waals surface area contributed by atoms with Gasteiger partial charge in [0.2, 0.25) is 0 Å². The summed E-state index contributed by atoms with van der Waals surface area (Å²) >= 11 is 11.8. The quantitative estimate of drug-likeness (QED) is 0.126. The van der Waals surface area contributed by atoms with E-state index >= 15 is 0 Å². The minimum absolute atomic E-state index is 0.428. The molecule has 9 heteroatoms. The second kappa shape index (κ2) is 13.0. The summed E-state index contributed by atoms with van der Waals surface area (Å²) in [6.07, 6.45) is -0.588. The van der Waals surface area contributed by atoms with Crippen LogP contribution in [0.5, 0.6) is 11.5 Å². The molecule has 0 aliphatic carbocycles. The first-order chi connectivity index (χ1) is 20.0. The van der Waals surface area contributed by atoms with E-state index in [9.17, 15) is 4.79 Å². The highest BCUT2D eigenvalue weighted by molar-refractivity contribution is 6.18. The molecule has 0 saturated heterocycles. The van der Waals surface area contributed by atoms with Crippen molar-refractivity contribution in [3.63, 3.8) is 0 Å². The van der Waals surface area contributed by atoms with Gasteiger partial charge in [-0.2, -0.15) is 0 Å². The van der Waals surface area contributed by atoms with Crippen LogP contribution in [0.25, 0.3) is 21.8 Å². The van der Waals surface area contributed by atoms with E-state index < -0.39 is 6.09 Å². The lowest BCUT2D eigenvalue weighted by atomic mass is 10.1. The standard InChI is InChI=1S/C32H30Cl2N4O3/c1-21-10-11-22(35-32(39)41-24-14-12-23(13-15-24)38(18-16-33)19-17-34)20-28(21)37-30-25-6-3-4-8-27(25)36-31-26(30)7-5-9-29(31)40-2/h3-15,20H,16-19H2,1-2H3,(H,35,39)(H,36,37). The van der Waals surface area contributed by atoms with Gasteiger partial charge in [-0.15, -0.1) is 23.2 Å². The van der Waals surface area contributed by atoms with Crippen LogP contribution in [0.4, 0.5) is 27.5 Å². The predicted molar refractivity (Wildman–Crippen MR) is 170 cm³/mol. The molecule has 2 N–H and O–H groups in total. The number of alkyl halides is 2. The van der Waals surface area contributed by atoms with Crippen LogP contribution in [-0.4, -0.2) is 43.0 Å². The van der Waals surface area contributed by atoms with Crippen molar-refractivity contribution in [3.05, 3.63) is 90.5 Å². The number of anilines is 4. The predicted octanol–water partition coefficient (Wildman–Crippen LogP) is 8.34. The first-order valence-corrected chi connectivity index (χ1v) is 14.3. The van der Waals surface area contributed by atoms with Crippen LogP contribution in [-0.2, 0) is 0 Å². The van der Waals surface area contributed by atoms with Gasteiger partial charge in [0.05, 0.1) is 18.3 Å².